The van der Waals surface area contributed by atoms with Gasteiger partial charge in [0.1, 0.15) is 6.10 Å². The number of hydrogen-bond donors (Lipinski definition) is 0. The molecule has 1 unspecified atom stereocenters. The van der Waals surface area contributed by atoms with Crippen LogP contribution in [-0.2, 0) is 4.74 Å². The first kappa shape index (κ1) is 9.00. The van der Waals surface area contributed by atoms with Gasteiger partial charge in [0.2, 0.25) is 0 Å². The number of esters is 1. The highest BCUT2D eigenvalue weighted by Gasteiger charge is 2.29. The molecule has 1 atom stereocenters. The van der Waals surface area contributed by atoms with E-state index >= 15 is 0 Å². The first-order valence-electron chi connectivity index (χ1n) is 4.73. The number of allylic oxidation sites excluding steroid dienone is 1. The van der Waals surface area contributed by atoms with Crippen LogP contribution >= 0.6 is 0 Å². The van der Waals surface area contributed by atoms with Crippen LogP contribution in [0.1, 0.15) is 34.9 Å². The Morgan fingerprint density at radius 1 is 1.43 bits per heavy atom. The van der Waals surface area contributed by atoms with Crippen molar-refractivity contribution in [2.24, 2.45) is 0 Å². The van der Waals surface area contributed by atoms with Crippen molar-refractivity contribution in [3.8, 4) is 0 Å². The molecule has 0 aromatic heterocycles. The molecule has 1 aromatic carbocycles. The van der Waals surface area contributed by atoms with Gasteiger partial charge in [-0.1, -0.05) is 24.3 Å². The molecule has 72 valence electrons. The second-order valence-electron chi connectivity index (χ2n) is 3.35. The van der Waals surface area contributed by atoms with Crippen LogP contribution in [0.25, 0.3) is 0 Å². The van der Waals surface area contributed by atoms with Crippen molar-refractivity contribution in [1.82, 2.24) is 0 Å². The molecule has 1 aliphatic heterocycles. The summed E-state index contributed by atoms with van der Waals surface area (Å²) in [6, 6.07) is 7.55. The average molecular weight is 188 g/mol. The van der Waals surface area contributed by atoms with Gasteiger partial charge in [-0.3, -0.25) is 0 Å². The highest BCUT2D eigenvalue weighted by Crippen LogP contribution is 2.33. The van der Waals surface area contributed by atoms with Crippen molar-refractivity contribution >= 4 is 5.97 Å². The van der Waals surface area contributed by atoms with E-state index < -0.39 is 0 Å². The predicted molar refractivity (Wildman–Crippen MR) is 54.0 cm³/mol. The lowest BCUT2D eigenvalue weighted by Gasteiger charge is -2.08. The first-order chi connectivity index (χ1) is 6.83. The lowest BCUT2D eigenvalue weighted by molar-refractivity contribution is 0.0371. The smallest absolute Gasteiger partial charge is 0.339 e. The van der Waals surface area contributed by atoms with Crippen LogP contribution in [0.2, 0.25) is 0 Å². The standard InChI is InChI=1S/C12H12O2/c1-2-3-8-11-9-6-4-5-7-10(9)12(13)14-11/h2,4-7,11H,1,3,8H2. The van der Waals surface area contributed by atoms with Gasteiger partial charge in [-0.15, -0.1) is 6.58 Å². The summed E-state index contributed by atoms with van der Waals surface area (Å²) in [5.41, 5.74) is 1.72. The average Bonchev–Trinajstić information content (AvgIpc) is 2.54. The van der Waals surface area contributed by atoms with Crippen molar-refractivity contribution < 1.29 is 9.53 Å². The minimum atomic E-state index is -0.199. The van der Waals surface area contributed by atoms with Crippen molar-refractivity contribution in [3.05, 3.63) is 48.0 Å². The SMILES string of the molecule is C=CCCC1OC(=O)c2ccccc21. The lowest BCUT2D eigenvalue weighted by atomic mass is 10.0. The van der Waals surface area contributed by atoms with E-state index in [9.17, 15) is 4.79 Å². The summed E-state index contributed by atoms with van der Waals surface area (Å²) in [4.78, 5) is 11.4. The molecule has 0 fully saturated rings. The number of cyclic esters (lactones) is 1. The molecule has 1 heterocycles. The zero-order valence-corrected chi connectivity index (χ0v) is 7.90. The van der Waals surface area contributed by atoms with Crippen molar-refractivity contribution in [3.63, 3.8) is 0 Å². The molecule has 0 radical (unpaired) electrons. The van der Waals surface area contributed by atoms with Crippen LogP contribution in [0.5, 0.6) is 0 Å². The van der Waals surface area contributed by atoms with Crippen LogP contribution in [0.3, 0.4) is 0 Å². The molecule has 0 bridgehead atoms. The summed E-state index contributed by atoms with van der Waals surface area (Å²) in [7, 11) is 0. The van der Waals surface area contributed by atoms with Crippen LogP contribution in [0, 0.1) is 0 Å². The predicted octanol–water partition coefficient (Wildman–Crippen LogP) is 2.86. The van der Waals surface area contributed by atoms with Gasteiger partial charge < -0.3 is 4.74 Å². The summed E-state index contributed by atoms with van der Waals surface area (Å²) >= 11 is 0. The van der Waals surface area contributed by atoms with Gasteiger partial charge in [0, 0.05) is 5.56 Å². The Hall–Kier alpha value is -1.57. The molecule has 2 nitrogen and oxygen atoms in total. The minimum Gasteiger partial charge on any atom is -0.454 e. The zero-order valence-electron chi connectivity index (χ0n) is 7.90. The normalized spacial score (nSPS) is 18.9. The number of ether oxygens (including phenoxy) is 1. The Balaban J connectivity index is 2.25. The summed E-state index contributed by atoms with van der Waals surface area (Å²) < 4.78 is 5.25. The van der Waals surface area contributed by atoms with Crippen molar-refractivity contribution in [2.45, 2.75) is 18.9 Å². The molecule has 0 spiro atoms. The number of rotatable bonds is 3. The van der Waals surface area contributed by atoms with Gasteiger partial charge >= 0.3 is 5.97 Å². The molecule has 0 amide bonds. The Morgan fingerprint density at radius 3 is 3.00 bits per heavy atom. The fourth-order valence-corrected chi connectivity index (χ4v) is 1.70. The van der Waals surface area contributed by atoms with Gasteiger partial charge in [0.05, 0.1) is 5.56 Å². The van der Waals surface area contributed by atoms with E-state index in [2.05, 4.69) is 6.58 Å². The summed E-state index contributed by atoms with van der Waals surface area (Å²) in [5, 5.41) is 0. The molecule has 2 heteroatoms. The maximum Gasteiger partial charge on any atom is 0.339 e. The lowest BCUT2D eigenvalue weighted by Crippen LogP contribution is -1.97. The minimum absolute atomic E-state index is 0.0725. The van der Waals surface area contributed by atoms with E-state index in [0.29, 0.717) is 5.56 Å². The molecule has 0 N–H and O–H groups in total. The van der Waals surface area contributed by atoms with Gasteiger partial charge in [0.15, 0.2) is 0 Å². The molecule has 2 rings (SSSR count). The van der Waals surface area contributed by atoms with Crippen LogP contribution in [0.15, 0.2) is 36.9 Å². The Bertz CT molecular complexity index is 368. The number of carbonyl (C=O) groups excluding carboxylic acids is 1. The molecule has 14 heavy (non-hydrogen) atoms. The van der Waals surface area contributed by atoms with Gasteiger partial charge in [-0.05, 0) is 18.9 Å². The zero-order chi connectivity index (χ0) is 9.97. The number of fused-ring (bicyclic) bond motifs is 1. The third kappa shape index (κ3) is 1.43. The third-order valence-corrected chi connectivity index (χ3v) is 2.41. The Kier molecular flexibility index (Phi) is 2.35. The van der Waals surface area contributed by atoms with Gasteiger partial charge in [-0.2, -0.15) is 0 Å². The Labute approximate surface area is 83.2 Å². The maximum absolute atomic E-state index is 11.4. The Morgan fingerprint density at radius 2 is 2.21 bits per heavy atom. The molecular formula is C12H12O2. The topological polar surface area (TPSA) is 26.3 Å². The first-order valence-corrected chi connectivity index (χ1v) is 4.73. The van der Waals surface area contributed by atoms with E-state index in [1.807, 2.05) is 30.3 Å². The summed E-state index contributed by atoms with van der Waals surface area (Å²) in [5.74, 6) is -0.199. The van der Waals surface area contributed by atoms with Crippen molar-refractivity contribution in [1.29, 1.82) is 0 Å². The highest BCUT2D eigenvalue weighted by atomic mass is 16.5. The second-order valence-corrected chi connectivity index (χ2v) is 3.35. The largest absolute Gasteiger partial charge is 0.454 e. The molecule has 1 aliphatic rings. The summed E-state index contributed by atoms with van der Waals surface area (Å²) in [6.07, 6.45) is 3.46. The van der Waals surface area contributed by atoms with E-state index in [-0.39, 0.29) is 12.1 Å². The van der Waals surface area contributed by atoms with Crippen molar-refractivity contribution in [2.75, 3.05) is 0 Å². The van der Waals surface area contributed by atoms with E-state index in [1.54, 1.807) is 0 Å². The number of carbonyl (C=O) groups is 1. The maximum atomic E-state index is 11.4. The van der Waals surface area contributed by atoms with E-state index in [1.165, 1.54) is 0 Å². The third-order valence-electron chi connectivity index (χ3n) is 2.41. The van der Waals surface area contributed by atoms with Crippen LogP contribution in [-0.4, -0.2) is 5.97 Å². The van der Waals surface area contributed by atoms with E-state index in [0.717, 1.165) is 18.4 Å². The molecule has 0 aliphatic carbocycles. The summed E-state index contributed by atoms with van der Waals surface area (Å²) in [6.45, 7) is 3.66. The molecule has 0 saturated heterocycles. The fraction of sp³-hybridized carbons (Fsp3) is 0.250. The van der Waals surface area contributed by atoms with Gasteiger partial charge in [0.25, 0.3) is 0 Å². The monoisotopic (exact) mass is 188 g/mol. The van der Waals surface area contributed by atoms with E-state index in [4.69, 9.17) is 4.74 Å². The second kappa shape index (κ2) is 3.66. The van der Waals surface area contributed by atoms with Crippen LogP contribution < -0.4 is 0 Å². The van der Waals surface area contributed by atoms with Crippen LogP contribution in [0.4, 0.5) is 0 Å². The quantitative estimate of drug-likeness (QED) is 0.538. The fourth-order valence-electron chi connectivity index (χ4n) is 1.70. The van der Waals surface area contributed by atoms with Gasteiger partial charge in [-0.25, -0.2) is 4.79 Å². The molecular weight excluding hydrogens is 176 g/mol. The molecule has 0 saturated carbocycles. The number of hydrogen-bond acceptors (Lipinski definition) is 2. The number of benzene rings is 1. The molecule has 1 aromatic rings. The highest BCUT2D eigenvalue weighted by molar-refractivity contribution is 5.93.